The van der Waals surface area contributed by atoms with E-state index in [9.17, 15) is 0 Å². The number of benzene rings is 1. The van der Waals surface area contributed by atoms with E-state index in [0.717, 1.165) is 24.5 Å². The van der Waals surface area contributed by atoms with Gasteiger partial charge < -0.3 is 9.73 Å². The quantitative estimate of drug-likeness (QED) is 0.833. The first kappa shape index (κ1) is 13.9. The van der Waals surface area contributed by atoms with E-state index in [1.807, 2.05) is 0 Å². The first-order valence-electron chi connectivity index (χ1n) is 7.06. The van der Waals surface area contributed by atoms with Crippen LogP contribution in [0.1, 0.15) is 43.9 Å². The molecule has 1 aromatic carbocycles. The zero-order valence-electron chi connectivity index (χ0n) is 12.0. The molecule has 2 aromatic rings. The molecule has 0 fully saturated rings. The van der Waals surface area contributed by atoms with Gasteiger partial charge in [-0.3, -0.25) is 0 Å². The van der Waals surface area contributed by atoms with Gasteiger partial charge in [-0.2, -0.15) is 0 Å². The van der Waals surface area contributed by atoms with E-state index in [1.165, 1.54) is 5.56 Å². The summed E-state index contributed by atoms with van der Waals surface area (Å²) in [5.74, 6) is 2.61. The van der Waals surface area contributed by atoms with E-state index in [1.54, 1.807) is 0 Å². The monoisotopic (exact) mass is 257 g/mol. The van der Waals surface area contributed by atoms with Crippen molar-refractivity contribution in [1.82, 2.24) is 5.32 Å². The molecule has 1 atom stereocenters. The highest BCUT2D eigenvalue weighted by Gasteiger charge is 2.15. The molecule has 0 amide bonds. The maximum absolute atomic E-state index is 5.74. The Morgan fingerprint density at radius 3 is 2.26 bits per heavy atom. The normalized spacial score (nSPS) is 12.8. The minimum absolute atomic E-state index is 0.358. The Hall–Kier alpha value is -1.54. The lowest BCUT2D eigenvalue weighted by Crippen LogP contribution is -2.25. The summed E-state index contributed by atoms with van der Waals surface area (Å²) < 4.78 is 5.74. The summed E-state index contributed by atoms with van der Waals surface area (Å²) in [4.78, 5) is 0. The van der Waals surface area contributed by atoms with E-state index >= 15 is 0 Å². The molecule has 0 aliphatic carbocycles. The molecule has 0 radical (unpaired) electrons. The first-order chi connectivity index (χ1) is 9.20. The number of hydrogen-bond acceptors (Lipinski definition) is 2. The molecule has 0 aliphatic rings. The van der Waals surface area contributed by atoms with Crippen LogP contribution in [0.2, 0.25) is 0 Å². The summed E-state index contributed by atoms with van der Waals surface area (Å²) in [5.41, 5.74) is 1.33. The fourth-order valence-electron chi connectivity index (χ4n) is 2.32. The number of aryl methyl sites for hydroxylation is 1. The van der Waals surface area contributed by atoms with Gasteiger partial charge in [-0.05, 0) is 23.6 Å². The van der Waals surface area contributed by atoms with E-state index in [0.29, 0.717) is 12.0 Å². The van der Waals surface area contributed by atoms with Crippen molar-refractivity contribution in [3.8, 4) is 0 Å². The molecule has 2 heteroatoms. The second-order valence-electron chi connectivity index (χ2n) is 5.23. The Morgan fingerprint density at radius 1 is 1.00 bits per heavy atom. The fourth-order valence-corrected chi connectivity index (χ4v) is 2.32. The van der Waals surface area contributed by atoms with E-state index in [-0.39, 0.29) is 0 Å². The van der Waals surface area contributed by atoms with Gasteiger partial charge >= 0.3 is 0 Å². The topological polar surface area (TPSA) is 25.2 Å². The van der Waals surface area contributed by atoms with Gasteiger partial charge in [0.15, 0.2) is 0 Å². The van der Waals surface area contributed by atoms with Crippen LogP contribution in [-0.4, -0.2) is 0 Å². The highest BCUT2D eigenvalue weighted by molar-refractivity contribution is 5.19. The van der Waals surface area contributed by atoms with Gasteiger partial charge in [0.1, 0.15) is 11.5 Å². The Kier molecular flexibility index (Phi) is 4.80. The Bertz CT molecular complexity index is 487. The highest BCUT2D eigenvalue weighted by atomic mass is 16.3. The average Bonchev–Trinajstić information content (AvgIpc) is 2.88. The predicted octanol–water partition coefficient (Wildman–Crippen LogP) is 4.33. The lowest BCUT2D eigenvalue weighted by Gasteiger charge is -2.22. The first-order valence-corrected chi connectivity index (χ1v) is 7.06. The SMILES string of the molecule is CCc1ccc(CNC(c2ccccc2)C(C)C)o1. The van der Waals surface area contributed by atoms with Gasteiger partial charge in [-0.15, -0.1) is 0 Å². The van der Waals surface area contributed by atoms with Crippen molar-refractivity contribution in [2.45, 2.75) is 39.8 Å². The molecular weight excluding hydrogens is 234 g/mol. The van der Waals surface area contributed by atoms with Crippen LogP contribution < -0.4 is 5.32 Å². The van der Waals surface area contributed by atoms with Crippen molar-refractivity contribution < 1.29 is 4.42 Å². The Labute approximate surface area is 115 Å². The van der Waals surface area contributed by atoms with E-state index < -0.39 is 0 Å². The van der Waals surface area contributed by atoms with Crippen LogP contribution in [-0.2, 0) is 13.0 Å². The maximum atomic E-state index is 5.74. The summed E-state index contributed by atoms with van der Waals surface area (Å²) in [6.07, 6.45) is 0.951. The number of hydrogen-bond donors (Lipinski definition) is 1. The van der Waals surface area contributed by atoms with Gasteiger partial charge in [0, 0.05) is 12.5 Å². The summed E-state index contributed by atoms with van der Waals surface area (Å²) in [7, 11) is 0. The molecular formula is C17H23NO. The highest BCUT2D eigenvalue weighted by Crippen LogP contribution is 2.22. The Morgan fingerprint density at radius 2 is 1.68 bits per heavy atom. The molecule has 2 rings (SSSR count). The van der Waals surface area contributed by atoms with Crippen LogP contribution in [0.5, 0.6) is 0 Å². The molecule has 1 aromatic heterocycles. The number of rotatable bonds is 6. The molecule has 0 saturated heterocycles. The third-order valence-corrected chi connectivity index (χ3v) is 3.39. The molecule has 0 bridgehead atoms. The molecule has 19 heavy (non-hydrogen) atoms. The van der Waals surface area contributed by atoms with Crippen LogP contribution in [0.3, 0.4) is 0 Å². The van der Waals surface area contributed by atoms with Gasteiger partial charge in [0.2, 0.25) is 0 Å². The second-order valence-corrected chi connectivity index (χ2v) is 5.23. The van der Waals surface area contributed by atoms with Crippen molar-refractivity contribution in [1.29, 1.82) is 0 Å². The smallest absolute Gasteiger partial charge is 0.117 e. The number of furan rings is 1. The molecule has 102 valence electrons. The van der Waals surface area contributed by atoms with Crippen LogP contribution in [0.4, 0.5) is 0 Å². The van der Waals surface area contributed by atoms with Crippen molar-refractivity contribution >= 4 is 0 Å². The zero-order valence-corrected chi connectivity index (χ0v) is 12.0. The number of nitrogens with one attached hydrogen (secondary N) is 1. The molecule has 1 N–H and O–H groups in total. The van der Waals surface area contributed by atoms with Crippen LogP contribution in [0, 0.1) is 5.92 Å². The zero-order chi connectivity index (χ0) is 13.7. The summed E-state index contributed by atoms with van der Waals surface area (Å²) >= 11 is 0. The molecule has 2 nitrogen and oxygen atoms in total. The van der Waals surface area contributed by atoms with Crippen molar-refractivity contribution in [2.75, 3.05) is 0 Å². The Balaban J connectivity index is 2.02. The van der Waals surface area contributed by atoms with Gasteiger partial charge in [0.25, 0.3) is 0 Å². The van der Waals surface area contributed by atoms with Crippen LogP contribution in [0.15, 0.2) is 46.9 Å². The predicted molar refractivity (Wildman–Crippen MR) is 78.9 cm³/mol. The molecule has 1 unspecified atom stereocenters. The average molecular weight is 257 g/mol. The summed E-state index contributed by atoms with van der Waals surface area (Å²) in [6, 6.07) is 15.1. The minimum Gasteiger partial charge on any atom is -0.465 e. The van der Waals surface area contributed by atoms with Crippen LogP contribution in [0.25, 0.3) is 0 Å². The molecule has 0 aliphatic heterocycles. The lowest BCUT2D eigenvalue weighted by molar-refractivity contribution is 0.377. The standard InChI is InChI=1S/C17H23NO/c1-4-15-10-11-16(19-15)12-18-17(13(2)3)14-8-6-5-7-9-14/h5-11,13,17-18H,4,12H2,1-3H3. The van der Waals surface area contributed by atoms with Gasteiger partial charge in [0.05, 0.1) is 6.54 Å². The molecule has 0 saturated carbocycles. The maximum Gasteiger partial charge on any atom is 0.117 e. The third kappa shape index (κ3) is 3.71. The second kappa shape index (κ2) is 6.58. The summed E-state index contributed by atoms with van der Waals surface area (Å²) in [6.45, 7) is 7.36. The molecule has 0 spiro atoms. The van der Waals surface area contributed by atoms with E-state index in [4.69, 9.17) is 4.42 Å². The summed E-state index contributed by atoms with van der Waals surface area (Å²) in [5, 5.41) is 3.60. The minimum atomic E-state index is 0.358. The van der Waals surface area contributed by atoms with Crippen LogP contribution >= 0.6 is 0 Å². The van der Waals surface area contributed by atoms with Crippen molar-refractivity contribution in [2.24, 2.45) is 5.92 Å². The molecule has 1 heterocycles. The fraction of sp³-hybridized carbons (Fsp3) is 0.412. The van der Waals surface area contributed by atoms with Gasteiger partial charge in [-0.25, -0.2) is 0 Å². The lowest BCUT2D eigenvalue weighted by atomic mass is 9.96. The van der Waals surface area contributed by atoms with Crippen molar-refractivity contribution in [3.05, 3.63) is 59.5 Å². The largest absolute Gasteiger partial charge is 0.465 e. The van der Waals surface area contributed by atoms with Crippen molar-refractivity contribution in [3.63, 3.8) is 0 Å². The van der Waals surface area contributed by atoms with E-state index in [2.05, 4.69) is 68.6 Å². The third-order valence-electron chi connectivity index (χ3n) is 3.39. The van der Waals surface area contributed by atoms with Gasteiger partial charge in [-0.1, -0.05) is 51.1 Å².